The van der Waals surface area contributed by atoms with Gasteiger partial charge in [0.15, 0.2) is 11.7 Å². The van der Waals surface area contributed by atoms with Crippen molar-refractivity contribution >= 4 is 23.9 Å². The van der Waals surface area contributed by atoms with Crippen molar-refractivity contribution in [3.05, 3.63) is 35.8 Å². The topological polar surface area (TPSA) is 186 Å². The molecule has 6 fully saturated rings. The molecule has 4 unspecified atom stereocenters. The first-order valence-corrected chi connectivity index (χ1v) is 15.8. The van der Waals surface area contributed by atoms with E-state index in [4.69, 9.17) is 37.6 Å². The maximum Gasteiger partial charge on any atom is 0.335 e. The number of hydrogen-bond acceptors (Lipinski definition) is 14. The Morgan fingerprint density at radius 1 is 1.06 bits per heavy atom. The molecule has 4 aliphatic carbocycles. The third-order valence-electron chi connectivity index (χ3n) is 13.0. The number of carbonyl (C=O) groups is 4. The molecule has 0 aromatic carbocycles. The van der Waals surface area contributed by atoms with E-state index in [0.717, 1.165) is 7.11 Å². The number of esters is 4. The fourth-order valence-electron chi connectivity index (χ4n) is 11.8. The van der Waals surface area contributed by atoms with Crippen molar-refractivity contribution in [3.8, 4) is 0 Å². The number of hydrogen-bond donors (Lipinski definition) is 2. The van der Waals surface area contributed by atoms with Gasteiger partial charge < -0.3 is 47.8 Å². The van der Waals surface area contributed by atoms with E-state index in [9.17, 15) is 29.4 Å². The number of carbonyl (C=O) groups excluding carboxylic acids is 4. The quantitative estimate of drug-likeness (QED) is 0.343. The maximum absolute atomic E-state index is 13.6. The van der Waals surface area contributed by atoms with Gasteiger partial charge in [-0.25, -0.2) is 9.59 Å². The molecule has 0 radical (unpaired) electrons. The summed E-state index contributed by atoms with van der Waals surface area (Å²) in [7, 11) is 1.14. The van der Waals surface area contributed by atoms with Crippen LogP contribution in [0, 0.1) is 28.1 Å². The molecule has 1 aromatic rings. The van der Waals surface area contributed by atoms with Crippen LogP contribution in [0.3, 0.4) is 0 Å². The Morgan fingerprint density at radius 3 is 2.38 bits per heavy atom. The molecule has 4 bridgehead atoms. The summed E-state index contributed by atoms with van der Waals surface area (Å²) in [4.78, 5) is 52.3. The summed E-state index contributed by atoms with van der Waals surface area (Å²) in [5.41, 5.74) is -8.45. The van der Waals surface area contributed by atoms with E-state index in [1.165, 1.54) is 32.4 Å². The van der Waals surface area contributed by atoms with Crippen LogP contribution in [-0.4, -0.2) is 88.4 Å². The number of aliphatic hydroxyl groups excluding tert-OH is 1. The molecular formula is C33H38O14. The van der Waals surface area contributed by atoms with Gasteiger partial charge in [-0.15, -0.1) is 0 Å². The van der Waals surface area contributed by atoms with Gasteiger partial charge in [-0.1, -0.05) is 13.8 Å². The largest absolute Gasteiger partial charge is 0.472 e. The normalized spacial score (nSPS) is 51.8. The Morgan fingerprint density at radius 2 is 1.77 bits per heavy atom. The van der Waals surface area contributed by atoms with Crippen LogP contribution < -0.4 is 0 Å². The molecule has 4 saturated carbocycles. The Balaban J connectivity index is 1.46. The molecular weight excluding hydrogens is 620 g/mol. The lowest BCUT2D eigenvalue weighted by molar-refractivity contribution is -0.419. The van der Waals surface area contributed by atoms with Gasteiger partial charge in [0.2, 0.25) is 0 Å². The lowest BCUT2D eigenvalue weighted by atomic mass is 9.35. The van der Waals surface area contributed by atoms with Gasteiger partial charge in [0, 0.05) is 55.6 Å². The Kier molecular flexibility index (Phi) is 5.82. The van der Waals surface area contributed by atoms with E-state index in [1.807, 2.05) is 0 Å². The van der Waals surface area contributed by atoms with Crippen molar-refractivity contribution < 1.29 is 67.0 Å². The molecule has 1 aromatic heterocycles. The summed E-state index contributed by atoms with van der Waals surface area (Å²) in [5, 5.41) is 25.0. The van der Waals surface area contributed by atoms with Crippen LogP contribution in [0.2, 0.25) is 0 Å². The van der Waals surface area contributed by atoms with Gasteiger partial charge in [-0.05, 0) is 25.0 Å². The molecule has 2 N–H and O–H groups in total. The van der Waals surface area contributed by atoms with Crippen molar-refractivity contribution in [3.63, 3.8) is 0 Å². The number of aliphatic hydroxyl groups is 2. The highest BCUT2D eigenvalue weighted by molar-refractivity contribution is 5.86. The highest BCUT2D eigenvalue weighted by atomic mass is 16.9. The number of ether oxygens (including phenoxy) is 7. The lowest BCUT2D eigenvalue weighted by Gasteiger charge is -2.74. The van der Waals surface area contributed by atoms with Crippen LogP contribution in [0.4, 0.5) is 0 Å². The lowest BCUT2D eigenvalue weighted by Crippen LogP contribution is -2.88. The minimum absolute atomic E-state index is 0.0101. The van der Waals surface area contributed by atoms with Crippen molar-refractivity contribution in [2.24, 2.45) is 28.1 Å². The SMILES string of the molecule is COC(=O)C(O)C1[C@@]2(C)C[C@@]3(O)C(C2OC(C)=O)[C@@H]2O[C@]4(C)O[C@]5(C[C@@H](OC(C)=O)[C@@]6(C)C(=CC(=O)O[C@H]6c6ccoc6)[C@]25O4)[C@@]13C. The zero-order valence-electron chi connectivity index (χ0n) is 27.1. The van der Waals surface area contributed by atoms with Gasteiger partial charge in [-0.2, -0.15) is 0 Å². The molecule has 47 heavy (non-hydrogen) atoms. The molecule has 3 aliphatic heterocycles. The molecule has 7 aliphatic rings. The average Bonchev–Trinajstić information content (AvgIpc) is 3.74. The fraction of sp³-hybridized carbons (Fsp3) is 0.697. The smallest absolute Gasteiger partial charge is 0.335 e. The van der Waals surface area contributed by atoms with Gasteiger partial charge in [-0.3, -0.25) is 9.59 Å². The Bertz CT molecular complexity index is 1650. The average molecular weight is 659 g/mol. The number of methoxy groups -OCH3 is 1. The van der Waals surface area contributed by atoms with E-state index in [1.54, 1.807) is 33.8 Å². The minimum Gasteiger partial charge on any atom is -0.472 e. The monoisotopic (exact) mass is 658 g/mol. The summed E-state index contributed by atoms with van der Waals surface area (Å²) in [6.07, 6.45) is -1.98. The molecule has 1 spiro atoms. The van der Waals surface area contributed by atoms with Gasteiger partial charge in [0.05, 0.1) is 36.6 Å². The van der Waals surface area contributed by atoms with Crippen LogP contribution in [-0.2, 0) is 52.3 Å². The zero-order chi connectivity index (χ0) is 33.9. The summed E-state index contributed by atoms with van der Waals surface area (Å²) in [5.74, 6) is -6.81. The predicted octanol–water partition coefficient (Wildman–Crippen LogP) is 1.62. The number of furan rings is 1. The minimum atomic E-state index is -1.81. The summed E-state index contributed by atoms with van der Waals surface area (Å²) < 4.78 is 48.8. The summed E-state index contributed by atoms with van der Waals surface area (Å²) >= 11 is 0. The van der Waals surface area contributed by atoms with Crippen molar-refractivity contribution in [2.45, 2.75) is 108 Å². The first kappa shape index (κ1) is 31.0. The second-order valence-corrected chi connectivity index (χ2v) is 15.0. The second kappa shape index (κ2) is 8.83. The first-order valence-electron chi connectivity index (χ1n) is 15.8. The van der Waals surface area contributed by atoms with E-state index >= 15 is 0 Å². The summed E-state index contributed by atoms with van der Waals surface area (Å²) in [6.45, 7) is 9.35. The standard InChI is InChI=1S/C33H38O14/c1-14(34)42-18-11-32-29(5)22(21(37)26(38)40-7)27(3)13-31(29,39)20(24(27)43-15(2)35)25-33(32,47-30(6,45-25)46-32)17-10-19(36)44-23(28(17,18)4)16-8-9-41-12-16/h8-10,12,18,20-25,37,39H,11,13H2,1-7H3/t18-,20?,21?,22?,23+,24?,25+,27-,28-,29+,30-,31-,32-,33+/m1/s1. The molecule has 2 saturated heterocycles. The van der Waals surface area contributed by atoms with Gasteiger partial charge in [0.1, 0.15) is 30.0 Å². The number of cyclic esters (lactones) is 1. The van der Waals surface area contributed by atoms with Crippen LogP contribution in [0.1, 0.15) is 66.1 Å². The van der Waals surface area contributed by atoms with Crippen LogP contribution in [0.25, 0.3) is 0 Å². The highest BCUT2D eigenvalue weighted by Crippen LogP contribution is 2.87. The number of fused-ring (bicyclic) bond motifs is 4. The van der Waals surface area contributed by atoms with Crippen molar-refractivity contribution in [1.29, 1.82) is 0 Å². The highest BCUT2D eigenvalue weighted by Gasteiger charge is 2.99. The third kappa shape index (κ3) is 3.11. The van der Waals surface area contributed by atoms with Crippen LogP contribution >= 0.6 is 0 Å². The van der Waals surface area contributed by atoms with Crippen LogP contribution in [0.15, 0.2) is 34.7 Å². The molecule has 0 amide bonds. The third-order valence-corrected chi connectivity index (χ3v) is 13.0. The molecule has 14 atom stereocenters. The fourth-order valence-corrected chi connectivity index (χ4v) is 11.8. The Labute approximate surface area is 269 Å². The van der Waals surface area contributed by atoms with E-state index < -0.39 is 105 Å². The van der Waals surface area contributed by atoms with Crippen molar-refractivity contribution in [1.82, 2.24) is 0 Å². The van der Waals surface area contributed by atoms with E-state index in [2.05, 4.69) is 0 Å². The first-order chi connectivity index (χ1) is 21.9. The summed E-state index contributed by atoms with van der Waals surface area (Å²) in [6, 6.07) is 1.65. The Hall–Kier alpha value is -3.30. The van der Waals surface area contributed by atoms with Gasteiger partial charge in [0.25, 0.3) is 5.97 Å². The molecule has 14 heteroatoms. The van der Waals surface area contributed by atoms with E-state index in [0.29, 0.717) is 11.1 Å². The second-order valence-electron chi connectivity index (χ2n) is 15.0. The van der Waals surface area contributed by atoms with E-state index in [-0.39, 0.29) is 12.8 Å². The molecule has 254 valence electrons. The maximum atomic E-state index is 13.6. The van der Waals surface area contributed by atoms with Crippen LogP contribution in [0.5, 0.6) is 0 Å². The molecule has 4 heterocycles. The zero-order valence-corrected chi connectivity index (χ0v) is 27.1. The predicted molar refractivity (Wildman–Crippen MR) is 151 cm³/mol. The molecule has 8 rings (SSSR count). The number of rotatable bonds is 5. The van der Waals surface area contributed by atoms with Gasteiger partial charge >= 0.3 is 23.9 Å². The molecule has 14 nitrogen and oxygen atoms in total. The van der Waals surface area contributed by atoms with Crippen molar-refractivity contribution in [2.75, 3.05) is 7.11 Å².